The van der Waals surface area contributed by atoms with Crippen molar-refractivity contribution >= 4 is 22.8 Å². The normalized spacial score (nSPS) is 16.1. The molecule has 1 aromatic heterocycles. The van der Waals surface area contributed by atoms with Crippen molar-refractivity contribution in [2.75, 3.05) is 37.7 Å². The van der Waals surface area contributed by atoms with Gasteiger partial charge < -0.3 is 9.64 Å². The number of rotatable bonds is 8. The average molecular weight is 458 g/mol. The van der Waals surface area contributed by atoms with Gasteiger partial charge in [-0.1, -0.05) is 62.7 Å². The first kappa shape index (κ1) is 23.7. The third-order valence-electron chi connectivity index (χ3n) is 6.34. The molecule has 3 aromatic rings. The number of ether oxygens (including phenoxy) is 1. The Bertz CT molecular complexity index is 1150. The SMILES string of the molecule is CCC(C)COC(=O)C(C#N)c1nc2ccccc2nc1N1CCN(Cc2ccccc2)CC1. The fourth-order valence-corrected chi connectivity index (χ4v) is 4.04. The van der Waals surface area contributed by atoms with Crippen molar-refractivity contribution in [3.8, 4) is 6.07 Å². The molecule has 4 rings (SSSR count). The van der Waals surface area contributed by atoms with Gasteiger partial charge in [-0.25, -0.2) is 9.97 Å². The van der Waals surface area contributed by atoms with Gasteiger partial charge in [0.2, 0.25) is 0 Å². The molecule has 2 aromatic carbocycles. The molecule has 0 N–H and O–H groups in total. The summed E-state index contributed by atoms with van der Waals surface area (Å²) in [5.74, 6) is -0.830. The Morgan fingerprint density at radius 3 is 2.32 bits per heavy atom. The van der Waals surface area contributed by atoms with Gasteiger partial charge in [0, 0.05) is 32.7 Å². The monoisotopic (exact) mass is 457 g/mol. The molecule has 1 fully saturated rings. The van der Waals surface area contributed by atoms with E-state index in [2.05, 4.69) is 40.1 Å². The van der Waals surface area contributed by atoms with Crippen molar-refractivity contribution in [1.82, 2.24) is 14.9 Å². The number of nitrogens with zero attached hydrogens (tertiary/aromatic N) is 5. The zero-order chi connectivity index (χ0) is 23.9. The molecule has 1 aliphatic rings. The van der Waals surface area contributed by atoms with Crippen LogP contribution in [0.25, 0.3) is 11.0 Å². The topological polar surface area (TPSA) is 82.3 Å². The number of esters is 1. The second-order valence-electron chi connectivity index (χ2n) is 8.88. The van der Waals surface area contributed by atoms with Crippen LogP contribution in [0, 0.1) is 17.2 Å². The zero-order valence-corrected chi connectivity index (χ0v) is 19.9. The van der Waals surface area contributed by atoms with Crippen LogP contribution in [0.5, 0.6) is 0 Å². The Morgan fingerprint density at radius 1 is 1.03 bits per heavy atom. The largest absolute Gasteiger partial charge is 0.464 e. The lowest BCUT2D eigenvalue weighted by Gasteiger charge is -2.36. The van der Waals surface area contributed by atoms with Crippen LogP contribution in [0.1, 0.15) is 37.4 Å². The number of hydrogen-bond acceptors (Lipinski definition) is 7. The van der Waals surface area contributed by atoms with E-state index in [0.29, 0.717) is 23.6 Å². The minimum Gasteiger partial charge on any atom is -0.464 e. The van der Waals surface area contributed by atoms with Gasteiger partial charge in [0.25, 0.3) is 0 Å². The lowest BCUT2D eigenvalue weighted by Crippen LogP contribution is -2.46. The summed E-state index contributed by atoms with van der Waals surface area (Å²) in [4.78, 5) is 27.0. The number of aromatic nitrogens is 2. The molecule has 0 radical (unpaired) electrons. The molecule has 34 heavy (non-hydrogen) atoms. The van der Waals surface area contributed by atoms with Gasteiger partial charge in [-0.2, -0.15) is 5.26 Å². The van der Waals surface area contributed by atoms with Gasteiger partial charge in [-0.15, -0.1) is 0 Å². The summed E-state index contributed by atoms with van der Waals surface area (Å²) >= 11 is 0. The molecule has 0 bridgehead atoms. The lowest BCUT2D eigenvalue weighted by atomic mass is 10.1. The van der Waals surface area contributed by atoms with E-state index in [1.165, 1.54) is 5.56 Å². The average Bonchev–Trinajstić information content (AvgIpc) is 2.88. The molecule has 2 unspecified atom stereocenters. The van der Waals surface area contributed by atoms with Gasteiger partial charge >= 0.3 is 5.97 Å². The molecular weight excluding hydrogens is 426 g/mol. The number of hydrogen-bond donors (Lipinski definition) is 0. The molecule has 1 saturated heterocycles. The summed E-state index contributed by atoms with van der Waals surface area (Å²) in [5, 5.41) is 9.93. The molecule has 0 aliphatic carbocycles. The van der Waals surface area contributed by atoms with Crippen LogP contribution in [0.2, 0.25) is 0 Å². The highest BCUT2D eigenvalue weighted by molar-refractivity contribution is 5.85. The number of nitriles is 1. The molecule has 0 amide bonds. The summed E-state index contributed by atoms with van der Waals surface area (Å²) in [7, 11) is 0. The van der Waals surface area contributed by atoms with E-state index in [1.54, 1.807) is 0 Å². The number of para-hydroxylation sites is 2. The Balaban J connectivity index is 1.57. The van der Waals surface area contributed by atoms with E-state index < -0.39 is 11.9 Å². The standard InChI is InChI=1S/C27H31N5O2/c1-3-20(2)19-34-27(33)22(17-28)25-26(30-24-12-8-7-11-23(24)29-25)32-15-13-31(14-16-32)18-21-9-5-4-6-10-21/h4-12,20,22H,3,13-16,18-19H2,1-2H3. The van der Waals surface area contributed by atoms with Crippen molar-refractivity contribution in [3.05, 3.63) is 65.9 Å². The summed E-state index contributed by atoms with van der Waals surface area (Å²) in [5.41, 5.74) is 3.08. The number of piperazine rings is 1. The van der Waals surface area contributed by atoms with E-state index >= 15 is 0 Å². The fourth-order valence-electron chi connectivity index (χ4n) is 4.04. The summed E-state index contributed by atoms with van der Waals surface area (Å²) in [6.07, 6.45) is 0.902. The van der Waals surface area contributed by atoms with Crippen molar-refractivity contribution in [3.63, 3.8) is 0 Å². The van der Waals surface area contributed by atoms with E-state index in [4.69, 9.17) is 14.7 Å². The third-order valence-corrected chi connectivity index (χ3v) is 6.34. The van der Waals surface area contributed by atoms with E-state index in [0.717, 1.165) is 44.7 Å². The van der Waals surface area contributed by atoms with Crippen molar-refractivity contribution in [1.29, 1.82) is 5.26 Å². The maximum atomic E-state index is 12.9. The molecular formula is C27H31N5O2. The van der Waals surface area contributed by atoms with Crippen LogP contribution in [0.3, 0.4) is 0 Å². The van der Waals surface area contributed by atoms with Gasteiger partial charge in [-0.3, -0.25) is 9.69 Å². The Labute approximate surface area is 201 Å². The van der Waals surface area contributed by atoms with Crippen molar-refractivity contribution in [2.24, 2.45) is 5.92 Å². The predicted octanol–water partition coefficient (Wildman–Crippen LogP) is 4.15. The van der Waals surface area contributed by atoms with E-state index in [1.807, 2.05) is 44.2 Å². The van der Waals surface area contributed by atoms with E-state index in [-0.39, 0.29) is 5.92 Å². The summed E-state index contributed by atoms with van der Waals surface area (Å²) in [6, 6.07) is 20.1. The first-order valence-corrected chi connectivity index (χ1v) is 11.9. The summed E-state index contributed by atoms with van der Waals surface area (Å²) in [6.45, 7) is 8.46. The molecule has 2 heterocycles. The first-order valence-electron chi connectivity index (χ1n) is 11.9. The van der Waals surface area contributed by atoms with Crippen molar-refractivity contribution < 1.29 is 9.53 Å². The molecule has 7 heteroatoms. The second kappa shape index (κ2) is 11.1. The molecule has 0 saturated carbocycles. The maximum Gasteiger partial charge on any atom is 0.329 e. The Hall–Kier alpha value is -3.50. The Morgan fingerprint density at radius 2 is 1.68 bits per heavy atom. The predicted molar refractivity (Wildman–Crippen MR) is 132 cm³/mol. The second-order valence-corrected chi connectivity index (χ2v) is 8.88. The highest BCUT2D eigenvalue weighted by Crippen LogP contribution is 2.29. The molecule has 176 valence electrons. The summed E-state index contributed by atoms with van der Waals surface area (Å²) < 4.78 is 5.48. The number of anilines is 1. The van der Waals surface area contributed by atoms with Gasteiger partial charge in [0.1, 0.15) is 5.69 Å². The molecule has 2 atom stereocenters. The first-order chi connectivity index (χ1) is 16.6. The number of benzene rings is 2. The third kappa shape index (κ3) is 5.52. The minimum atomic E-state index is -1.11. The maximum absolute atomic E-state index is 12.9. The zero-order valence-electron chi connectivity index (χ0n) is 19.9. The minimum absolute atomic E-state index is 0.239. The molecule has 1 aliphatic heterocycles. The number of carbonyl (C=O) groups is 1. The van der Waals surface area contributed by atoms with Gasteiger partial charge in [0.15, 0.2) is 11.7 Å². The quantitative estimate of drug-likeness (QED) is 0.470. The number of fused-ring (bicyclic) bond motifs is 1. The molecule has 7 nitrogen and oxygen atoms in total. The van der Waals surface area contributed by atoms with Crippen LogP contribution >= 0.6 is 0 Å². The van der Waals surface area contributed by atoms with Crippen LogP contribution in [0.15, 0.2) is 54.6 Å². The van der Waals surface area contributed by atoms with Crippen LogP contribution in [-0.2, 0) is 16.1 Å². The van der Waals surface area contributed by atoms with Crippen LogP contribution < -0.4 is 4.90 Å². The highest BCUT2D eigenvalue weighted by Gasteiger charge is 2.31. The smallest absolute Gasteiger partial charge is 0.329 e. The van der Waals surface area contributed by atoms with Gasteiger partial charge in [0.05, 0.1) is 23.7 Å². The molecule has 0 spiro atoms. The van der Waals surface area contributed by atoms with Crippen molar-refractivity contribution in [2.45, 2.75) is 32.7 Å². The van der Waals surface area contributed by atoms with Crippen LogP contribution in [0.4, 0.5) is 5.82 Å². The Kier molecular flexibility index (Phi) is 7.71. The van der Waals surface area contributed by atoms with Gasteiger partial charge in [-0.05, 0) is 23.6 Å². The lowest BCUT2D eigenvalue weighted by molar-refractivity contribution is -0.145. The highest BCUT2D eigenvalue weighted by atomic mass is 16.5. The van der Waals surface area contributed by atoms with Crippen LogP contribution in [-0.4, -0.2) is 53.6 Å². The fraction of sp³-hybridized carbons (Fsp3) is 0.407. The van der Waals surface area contributed by atoms with E-state index in [9.17, 15) is 10.1 Å². The number of carbonyl (C=O) groups excluding carboxylic acids is 1.